The number of carboxylic acids is 1. The van der Waals surface area contributed by atoms with Gasteiger partial charge in [-0.05, 0) is 18.1 Å². The molecule has 18 heavy (non-hydrogen) atoms. The lowest BCUT2D eigenvalue weighted by Crippen LogP contribution is -2.05. The van der Waals surface area contributed by atoms with Gasteiger partial charge in [-0.25, -0.2) is 4.79 Å². The Hall–Kier alpha value is -2.17. The summed E-state index contributed by atoms with van der Waals surface area (Å²) in [5.41, 5.74) is 1.15. The van der Waals surface area contributed by atoms with Crippen LogP contribution in [0.25, 0.3) is 11.4 Å². The van der Waals surface area contributed by atoms with Gasteiger partial charge in [0.1, 0.15) is 6.33 Å². The second-order valence-corrected chi connectivity index (χ2v) is 4.58. The smallest absolute Gasteiger partial charge is 0.335 e. The van der Waals surface area contributed by atoms with Crippen LogP contribution in [-0.4, -0.2) is 25.8 Å². The molecule has 0 amide bonds. The van der Waals surface area contributed by atoms with Crippen molar-refractivity contribution in [2.75, 3.05) is 0 Å². The van der Waals surface area contributed by atoms with Crippen molar-refractivity contribution in [1.82, 2.24) is 14.8 Å². The first kappa shape index (κ1) is 12.3. The molecule has 1 aromatic heterocycles. The molecule has 5 nitrogen and oxygen atoms in total. The monoisotopic (exact) mass is 245 g/mol. The molecule has 0 aliphatic carbocycles. The molecule has 94 valence electrons. The van der Waals surface area contributed by atoms with Crippen LogP contribution >= 0.6 is 0 Å². The quantitative estimate of drug-likeness (QED) is 0.897. The predicted molar refractivity (Wildman–Crippen MR) is 67.3 cm³/mol. The summed E-state index contributed by atoms with van der Waals surface area (Å²) in [6.07, 6.45) is 1.69. The van der Waals surface area contributed by atoms with Crippen LogP contribution in [0.3, 0.4) is 0 Å². The number of aromatic nitrogens is 3. The molecular formula is C13H15N3O2. The number of carboxylic acid groups (broad SMARTS) is 1. The Labute approximate surface area is 105 Å². The summed E-state index contributed by atoms with van der Waals surface area (Å²) in [6, 6.07) is 6.66. The summed E-state index contributed by atoms with van der Waals surface area (Å²) in [6.45, 7) is 5.08. The highest BCUT2D eigenvalue weighted by Gasteiger charge is 2.09. The summed E-state index contributed by atoms with van der Waals surface area (Å²) in [7, 11) is 0. The van der Waals surface area contributed by atoms with Gasteiger partial charge in [0.05, 0.1) is 5.56 Å². The standard InChI is InChI=1S/C13H15N3O2/c1-9(2)7-16-8-14-15-12(16)10-3-5-11(6-4-10)13(17)18/h3-6,8-9H,7H2,1-2H3,(H,17,18). The molecule has 5 heteroatoms. The van der Waals surface area contributed by atoms with E-state index in [9.17, 15) is 4.79 Å². The van der Waals surface area contributed by atoms with Gasteiger partial charge in [-0.1, -0.05) is 26.0 Å². The van der Waals surface area contributed by atoms with Crippen LogP contribution < -0.4 is 0 Å². The van der Waals surface area contributed by atoms with Gasteiger partial charge in [-0.2, -0.15) is 0 Å². The first-order valence-corrected chi connectivity index (χ1v) is 5.79. The van der Waals surface area contributed by atoms with Gasteiger partial charge in [0.2, 0.25) is 0 Å². The maximum atomic E-state index is 10.8. The molecule has 0 fully saturated rings. The lowest BCUT2D eigenvalue weighted by molar-refractivity contribution is 0.0697. The van der Waals surface area contributed by atoms with Crippen LogP contribution in [0.4, 0.5) is 0 Å². The predicted octanol–water partition coefficient (Wildman–Crippen LogP) is 2.30. The molecule has 0 spiro atoms. The van der Waals surface area contributed by atoms with E-state index in [-0.39, 0.29) is 5.56 Å². The first-order valence-electron chi connectivity index (χ1n) is 5.79. The fourth-order valence-corrected chi connectivity index (χ4v) is 1.77. The Bertz CT molecular complexity index is 544. The zero-order chi connectivity index (χ0) is 13.1. The van der Waals surface area contributed by atoms with Crippen LogP contribution in [0.2, 0.25) is 0 Å². The molecule has 0 unspecified atom stereocenters. The molecular weight excluding hydrogens is 230 g/mol. The summed E-state index contributed by atoms with van der Waals surface area (Å²) in [5.74, 6) is 0.337. The minimum absolute atomic E-state index is 0.272. The summed E-state index contributed by atoms with van der Waals surface area (Å²) < 4.78 is 1.97. The Morgan fingerprint density at radius 2 is 2.00 bits per heavy atom. The SMILES string of the molecule is CC(C)Cn1cnnc1-c1ccc(C(=O)O)cc1. The average Bonchev–Trinajstić information content (AvgIpc) is 2.76. The molecule has 0 aliphatic rings. The molecule has 0 atom stereocenters. The highest BCUT2D eigenvalue weighted by atomic mass is 16.4. The Balaban J connectivity index is 2.31. The Morgan fingerprint density at radius 1 is 1.33 bits per heavy atom. The molecule has 0 aliphatic heterocycles. The molecule has 1 heterocycles. The molecule has 1 aromatic carbocycles. The third-order valence-electron chi connectivity index (χ3n) is 2.57. The fourth-order valence-electron chi connectivity index (χ4n) is 1.77. The highest BCUT2D eigenvalue weighted by molar-refractivity contribution is 5.88. The number of carbonyl (C=O) groups is 1. The van der Waals surface area contributed by atoms with Gasteiger partial charge in [0.25, 0.3) is 0 Å². The number of benzene rings is 1. The van der Waals surface area contributed by atoms with Gasteiger partial charge >= 0.3 is 5.97 Å². The van der Waals surface area contributed by atoms with E-state index in [0.29, 0.717) is 5.92 Å². The van der Waals surface area contributed by atoms with Crippen molar-refractivity contribution in [3.8, 4) is 11.4 Å². The molecule has 0 radical (unpaired) electrons. The van der Waals surface area contributed by atoms with Crippen molar-refractivity contribution in [2.24, 2.45) is 5.92 Å². The number of aromatic carboxylic acids is 1. The summed E-state index contributed by atoms with van der Waals surface area (Å²) in [4.78, 5) is 10.8. The minimum atomic E-state index is -0.926. The van der Waals surface area contributed by atoms with Crippen molar-refractivity contribution < 1.29 is 9.90 Å². The van der Waals surface area contributed by atoms with Crippen molar-refractivity contribution in [2.45, 2.75) is 20.4 Å². The van der Waals surface area contributed by atoms with Gasteiger partial charge in [0.15, 0.2) is 5.82 Å². The minimum Gasteiger partial charge on any atom is -0.478 e. The fraction of sp³-hybridized carbons (Fsp3) is 0.308. The van der Waals surface area contributed by atoms with E-state index >= 15 is 0 Å². The van der Waals surface area contributed by atoms with E-state index in [1.165, 1.54) is 0 Å². The van der Waals surface area contributed by atoms with Crippen molar-refractivity contribution in [3.63, 3.8) is 0 Å². The van der Waals surface area contributed by atoms with E-state index < -0.39 is 5.97 Å². The third-order valence-corrected chi connectivity index (χ3v) is 2.57. The molecule has 0 bridgehead atoms. The van der Waals surface area contributed by atoms with Crippen LogP contribution in [0.1, 0.15) is 24.2 Å². The van der Waals surface area contributed by atoms with Crippen molar-refractivity contribution in [1.29, 1.82) is 0 Å². The van der Waals surface area contributed by atoms with E-state index in [0.717, 1.165) is 17.9 Å². The topological polar surface area (TPSA) is 68.0 Å². The summed E-state index contributed by atoms with van der Waals surface area (Å²) >= 11 is 0. The van der Waals surface area contributed by atoms with E-state index in [1.54, 1.807) is 30.6 Å². The molecule has 0 saturated carbocycles. The maximum absolute atomic E-state index is 10.8. The Kier molecular flexibility index (Phi) is 3.41. The zero-order valence-corrected chi connectivity index (χ0v) is 10.4. The van der Waals surface area contributed by atoms with Crippen LogP contribution in [0.15, 0.2) is 30.6 Å². The number of nitrogens with zero attached hydrogens (tertiary/aromatic N) is 3. The highest BCUT2D eigenvalue weighted by Crippen LogP contribution is 2.18. The van der Waals surface area contributed by atoms with Crippen molar-refractivity contribution >= 4 is 5.97 Å². The van der Waals surface area contributed by atoms with Gasteiger partial charge in [0, 0.05) is 12.1 Å². The lowest BCUT2D eigenvalue weighted by atomic mass is 10.1. The molecule has 0 saturated heterocycles. The molecule has 2 rings (SSSR count). The van der Waals surface area contributed by atoms with E-state index in [4.69, 9.17) is 5.11 Å². The third kappa shape index (κ3) is 2.56. The average molecular weight is 245 g/mol. The first-order chi connectivity index (χ1) is 8.58. The number of rotatable bonds is 4. The normalized spacial score (nSPS) is 10.8. The molecule has 1 N–H and O–H groups in total. The number of hydrogen-bond acceptors (Lipinski definition) is 3. The van der Waals surface area contributed by atoms with E-state index in [2.05, 4.69) is 24.0 Å². The van der Waals surface area contributed by atoms with E-state index in [1.807, 2.05) is 4.57 Å². The Morgan fingerprint density at radius 3 is 2.56 bits per heavy atom. The molecule has 2 aromatic rings. The van der Waals surface area contributed by atoms with Crippen LogP contribution in [0.5, 0.6) is 0 Å². The van der Waals surface area contributed by atoms with Gasteiger partial charge < -0.3 is 9.67 Å². The second kappa shape index (κ2) is 5.00. The van der Waals surface area contributed by atoms with Gasteiger partial charge in [-0.15, -0.1) is 10.2 Å². The number of hydrogen-bond donors (Lipinski definition) is 1. The van der Waals surface area contributed by atoms with Crippen LogP contribution in [-0.2, 0) is 6.54 Å². The van der Waals surface area contributed by atoms with Crippen LogP contribution in [0, 0.1) is 5.92 Å². The van der Waals surface area contributed by atoms with Crippen molar-refractivity contribution in [3.05, 3.63) is 36.2 Å². The lowest BCUT2D eigenvalue weighted by Gasteiger charge is -2.09. The second-order valence-electron chi connectivity index (χ2n) is 4.58. The zero-order valence-electron chi connectivity index (χ0n) is 10.4. The maximum Gasteiger partial charge on any atom is 0.335 e. The summed E-state index contributed by atoms with van der Waals surface area (Å²) in [5, 5.41) is 16.8. The van der Waals surface area contributed by atoms with Gasteiger partial charge in [-0.3, -0.25) is 0 Å². The largest absolute Gasteiger partial charge is 0.478 e.